The maximum Gasteiger partial charge on any atom is 0.407 e. The largest absolute Gasteiger partial charge is 0.444 e. The lowest BCUT2D eigenvalue weighted by Crippen LogP contribution is -2.40. The van der Waals surface area contributed by atoms with Crippen molar-refractivity contribution < 1.29 is 19.4 Å². The van der Waals surface area contributed by atoms with Gasteiger partial charge in [0.05, 0.1) is 18.8 Å². The second kappa shape index (κ2) is 6.57. The van der Waals surface area contributed by atoms with Gasteiger partial charge in [-0.1, -0.05) is 13.8 Å². The Kier molecular flexibility index (Phi) is 6.29. The predicted octanol–water partition coefficient (Wildman–Crippen LogP) is 2.32. The van der Waals surface area contributed by atoms with Crippen molar-refractivity contribution >= 4 is 6.09 Å². The second-order valence-electron chi connectivity index (χ2n) is 7.32. The molecule has 0 saturated carbocycles. The Bertz CT molecular complexity index is 287. The molecule has 5 heteroatoms. The fraction of sp³-hybridized carbons (Fsp3) is 0.929. The van der Waals surface area contributed by atoms with Crippen molar-refractivity contribution in [2.24, 2.45) is 5.41 Å². The zero-order valence-electron chi connectivity index (χ0n) is 13.3. The summed E-state index contributed by atoms with van der Waals surface area (Å²) in [5.41, 5.74) is -1.55. The molecule has 2 N–H and O–H groups in total. The summed E-state index contributed by atoms with van der Waals surface area (Å²) in [7, 11) is 0. The van der Waals surface area contributed by atoms with E-state index in [1.807, 2.05) is 34.6 Å². The lowest BCUT2D eigenvalue weighted by Gasteiger charge is -2.27. The Hall–Kier alpha value is -0.810. The van der Waals surface area contributed by atoms with E-state index in [1.165, 1.54) is 0 Å². The van der Waals surface area contributed by atoms with Crippen molar-refractivity contribution in [3.63, 3.8) is 0 Å². The molecule has 19 heavy (non-hydrogen) atoms. The number of alkyl carbamates (subject to hydrolysis) is 1. The minimum Gasteiger partial charge on any atom is -0.444 e. The molecular weight excluding hydrogens is 246 g/mol. The molecule has 0 saturated heterocycles. The van der Waals surface area contributed by atoms with E-state index in [-0.39, 0.29) is 12.0 Å². The number of carbonyl (C=O) groups excluding carboxylic acids is 1. The summed E-state index contributed by atoms with van der Waals surface area (Å²) in [6, 6.07) is 0. The van der Waals surface area contributed by atoms with Crippen molar-refractivity contribution in [1.29, 1.82) is 0 Å². The first kappa shape index (κ1) is 18.2. The van der Waals surface area contributed by atoms with Gasteiger partial charge in [0.25, 0.3) is 0 Å². The van der Waals surface area contributed by atoms with Gasteiger partial charge in [0.2, 0.25) is 0 Å². The van der Waals surface area contributed by atoms with E-state index in [2.05, 4.69) is 5.32 Å². The van der Waals surface area contributed by atoms with Crippen molar-refractivity contribution in [3.05, 3.63) is 0 Å². The van der Waals surface area contributed by atoms with Gasteiger partial charge in [0, 0.05) is 12.0 Å². The standard InChI is InChI=1S/C14H29NO4/c1-12(2,3)19-11(16)15-8-13(4,5)9-18-10-14(6,7)17/h17H,8-10H2,1-7H3,(H,15,16). The molecule has 0 unspecified atom stereocenters. The Morgan fingerprint density at radius 1 is 1.05 bits per heavy atom. The van der Waals surface area contributed by atoms with E-state index >= 15 is 0 Å². The first-order valence-electron chi connectivity index (χ1n) is 6.58. The highest BCUT2D eigenvalue weighted by molar-refractivity contribution is 5.67. The Balaban J connectivity index is 4.00. The van der Waals surface area contributed by atoms with E-state index in [9.17, 15) is 9.90 Å². The number of hydrogen-bond acceptors (Lipinski definition) is 4. The van der Waals surface area contributed by atoms with Gasteiger partial charge < -0.3 is 19.9 Å². The first-order chi connectivity index (χ1) is 8.31. The van der Waals surface area contributed by atoms with Crippen LogP contribution in [0.5, 0.6) is 0 Å². The zero-order chi connectivity index (χ0) is 15.3. The van der Waals surface area contributed by atoms with Crippen LogP contribution >= 0.6 is 0 Å². The third-order valence-electron chi connectivity index (χ3n) is 2.06. The van der Waals surface area contributed by atoms with Crippen molar-refractivity contribution in [2.45, 2.75) is 59.7 Å². The van der Waals surface area contributed by atoms with Gasteiger partial charge in [0.1, 0.15) is 5.60 Å². The minimum atomic E-state index is -0.839. The molecule has 0 heterocycles. The van der Waals surface area contributed by atoms with Crippen molar-refractivity contribution in [2.75, 3.05) is 19.8 Å². The molecule has 0 aliphatic rings. The number of aliphatic hydroxyl groups is 1. The summed E-state index contributed by atoms with van der Waals surface area (Å²) < 4.78 is 10.6. The summed E-state index contributed by atoms with van der Waals surface area (Å²) >= 11 is 0. The maximum absolute atomic E-state index is 11.5. The van der Waals surface area contributed by atoms with Crippen LogP contribution in [0.1, 0.15) is 48.5 Å². The van der Waals surface area contributed by atoms with Crippen LogP contribution in [0.3, 0.4) is 0 Å². The molecule has 0 radical (unpaired) electrons. The fourth-order valence-electron chi connectivity index (χ4n) is 1.25. The number of carbonyl (C=O) groups is 1. The Labute approximate surface area is 116 Å². The zero-order valence-corrected chi connectivity index (χ0v) is 13.3. The Morgan fingerprint density at radius 2 is 1.58 bits per heavy atom. The average Bonchev–Trinajstić information content (AvgIpc) is 2.09. The molecule has 114 valence electrons. The van der Waals surface area contributed by atoms with Gasteiger partial charge in [-0.05, 0) is 34.6 Å². The molecule has 0 spiro atoms. The van der Waals surface area contributed by atoms with E-state index in [0.29, 0.717) is 13.2 Å². The van der Waals surface area contributed by atoms with Crippen LogP contribution in [0.25, 0.3) is 0 Å². The van der Waals surface area contributed by atoms with Gasteiger partial charge in [-0.25, -0.2) is 4.79 Å². The van der Waals surface area contributed by atoms with Crippen LogP contribution in [0, 0.1) is 5.41 Å². The van der Waals surface area contributed by atoms with E-state index in [1.54, 1.807) is 13.8 Å². The van der Waals surface area contributed by atoms with Crippen molar-refractivity contribution in [1.82, 2.24) is 5.32 Å². The van der Waals surface area contributed by atoms with Crippen molar-refractivity contribution in [3.8, 4) is 0 Å². The van der Waals surface area contributed by atoms with Gasteiger partial charge in [-0.3, -0.25) is 0 Å². The molecule has 5 nitrogen and oxygen atoms in total. The molecule has 1 amide bonds. The van der Waals surface area contributed by atoms with Gasteiger partial charge in [0.15, 0.2) is 0 Å². The van der Waals surface area contributed by atoms with E-state index in [4.69, 9.17) is 9.47 Å². The highest BCUT2D eigenvalue weighted by Crippen LogP contribution is 2.16. The SMILES string of the molecule is CC(C)(O)COCC(C)(C)CNC(=O)OC(C)(C)C. The average molecular weight is 275 g/mol. The number of hydrogen-bond donors (Lipinski definition) is 2. The Morgan fingerprint density at radius 3 is 2.00 bits per heavy atom. The van der Waals surface area contributed by atoms with Crippen LogP contribution in [0.15, 0.2) is 0 Å². The van der Waals surface area contributed by atoms with Crippen LogP contribution in [0.2, 0.25) is 0 Å². The lowest BCUT2D eigenvalue weighted by atomic mass is 9.95. The smallest absolute Gasteiger partial charge is 0.407 e. The summed E-state index contributed by atoms with van der Waals surface area (Å²) in [6.07, 6.45) is -0.428. The van der Waals surface area contributed by atoms with Crippen LogP contribution in [-0.4, -0.2) is 42.2 Å². The summed E-state index contributed by atoms with van der Waals surface area (Å²) in [4.78, 5) is 11.5. The highest BCUT2D eigenvalue weighted by Gasteiger charge is 2.23. The maximum atomic E-state index is 11.5. The molecule has 0 atom stereocenters. The monoisotopic (exact) mass is 275 g/mol. The number of amides is 1. The third-order valence-corrected chi connectivity index (χ3v) is 2.06. The molecule has 0 aliphatic heterocycles. The van der Waals surface area contributed by atoms with Gasteiger partial charge in [-0.2, -0.15) is 0 Å². The molecule has 0 aromatic carbocycles. The summed E-state index contributed by atoms with van der Waals surface area (Å²) in [5.74, 6) is 0. The molecule has 0 rings (SSSR count). The number of nitrogens with one attached hydrogen (secondary N) is 1. The van der Waals surface area contributed by atoms with Crippen LogP contribution in [0.4, 0.5) is 4.79 Å². The van der Waals surface area contributed by atoms with Gasteiger partial charge in [-0.15, -0.1) is 0 Å². The normalized spacial score (nSPS) is 13.3. The summed E-state index contributed by atoms with van der Waals surface area (Å²) in [6.45, 7) is 14.0. The van der Waals surface area contributed by atoms with Crippen LogP contribution < -0.4 is 5.32 Å². The molecule has 0 aromatic heterocycles. The molecule has 0 bridgehead atoms. The lowest BCUT2D eigenvalue weighted by molar-refractivity contribution is -0.0423. The quantitative estimate of drug-likeness (QED) is 0.780. The number of rotatable bonds is 6. The first-order valence-corrected chi connectivity index (χ1v) is 6.58. The number of ether oxygens (including phenoxy) is 2. The topological polar surface area (TPSA) is 67.8 Å². The molecule has 0 aromatic rings. The minimum absolute atomic E-state index is 0.220. The fourth-order valence-corrected chi connectivity index (χ4v) is 1.25. The second-order valence-corrected chi connectivity index (χ2v) is 7.32. The summed E-state index contributed by atoms with van der Waals surface area (Å²) in [5, 5.41) is 12.3. The molecular formula is C14H29NO4. The van der Waals surface area contributed by atoms with E-state index in [0.717, 1.165) is 0 Å². The van der Waals surface area contributed by atoms with E-state index < -0.39 is 17.3 Å². The third kappa shape index (κ3) is 12.0. The van der Waals surface area contributed by atoms with Gasteiger partial charge >= 0.3 is 6.09 Å². The molecule has 0 aliphatic carbocycles. The predicted molar refractivity (Wildman–Crippen MR) is 75.1 cm³/mol. The molecule has 0 fully saturated rings. The highest BCUT2D eigenvalue weighted by atomic mass is 16.6. The van der Waals surface area contributed by atoms with Crippen LogP contribution in [-0.2, 0) is 9.47 Å².